The molecule has 1 aromatic carbocycles. The van der Waals surface area contributed by atoms with Crippen LogP contribution in [0.25, 0.3) is 11.0 Å². The number of carbonyl (C=O) groups excluding carboxylic acids is 1. The van der Waals surface area contributed by atoms with Gasteiger partial charge in [0.25, 0.3) is 0 Å². The number of ether oxygens (including phenoxy) is 1. The third-order valence-corrected chi connectivity index (χ3v) is 3.40. The van der Waals surface area contributed by atoms with Gasteiger partial charge in [0.2, 0.25) is 0 Å². The zero-order chi connectivity index (χ0) is 15.2. The highest BCUT2D eigenvalue weighted by Gasteiger charge is 2.11. The molecule has 0 bridgehead atoms. The molecule has 0 saturated heterocycles. The number of hydrogen-bond donors (Lipinski definition) is 1. The summed E-state index contributed by atoms with van der Waals surface area (Å²) in [6, 6.07) is 5.95. The normalized spacial score (nSPS) is 11.0. The molecule has 0 unspecified atom stereocenters. The molecular formula is C16H23N3O2. The first-order valence-electron chi connectivity index (χ1n) is 7.41. The van der Waals surface area contributed by atoms with Crippen molar-refractivity contribution in [3.05, 3.63) is 24.0 Å². The third kappa shape index (κ3) is 3.82. The van der Waals surface area contributed by atoms with Gasteiger partial charge in [0.1, 0.15) is 17.4 Å². The Morgan fingerprint density at radius 2 is 2.24 bits per heavy atom. The van der Waals surface area contributed by atoms with Gasteiger partial charge < -0.3 is 14.6 Å². The van der Waals surface area contributed by atoms with Crippen LogP contribution in [-0.2, 0) is 17.8 Å². The smallest absolute Gasteiger partial charge is 0.131 e. The second-order valence-corrected chi connectivity index (χ2v) is 5.07. The number of Topliss-reactive ketones (excluding diaryl/α,β-unsaturated/α-hetero) is 1. The summed E-state index contributed by atoms with van der Waals surface area (Å²) in [5.41, 5.74) is 1.99. The first-order chi connectivity index (χ1) is 10.2. The zero-order valence-electron chi connectivity index (χ0n) is 13.0. The van der Waals surface area contributed by atoms with Gasteiger partial charge in [0, 0.05) is 32.0 Å². The Kier molecular flexibility index (Phi) is 5.33. The molecule has 0 aliphatic heterocycles. The molecule has 5 nitrogen and oxygen atoms in total. The van der Waals surface area contributed by atoms with Crippen molar-refractivity contribution in [1.82, 2.24) is 14.9 Å². The number of aryl methyl sites for hydroxylation is 1. The minimum absolute atomic E-state index is 0.197. The second-order valence-electron chi connectivity index (χ2n) is 5.07. The van der Waals surface area contributed by atoms with Crippen LogP contribution in [-0.4, -0.2) is 35.5 Å². The van der Waals surface area contributed by atoms with E-state index in [9.17, 15) is 4.79 Å². The summed E-state index contributed by atoms with van der Waals surface area (Å²) < 4.78 is 7.67. The van der Waals surface area contributed by atoms with Gasteiger partial charge in [-0.1, -0.05) is 0 Å². The first-order valence-corrected chi connectivity index (χ1v) is 7.41. The third-order valence-electron chi connectivity index (χ3n) is 3.40. The van der Waals surface area contributed by atoms with E-state index in [-0.39, 0.29) is 5.78 Å². The number of benzene rings is 1. The van der Waals surface area contributed by atoms with Gasteiger partial charge in [0.05, 0.1) is 17.6 Å². The van der Waals surface area contributed by atoms with Crippen molar-refractivity contribution in [2.75, 3.05) is 20.2 Å². The second kappa shape index (κ2) is 7.22. The van der Waals surface area contributed by atoms with Crippen LogP contribution in [0, 0.1) is 0 Å². The minimum Gasteiger partial charge on any atom is -0.494 e. The molecule has 1 N–H and O–H groups in total. The van der Waals surface area contributed by atoms with Crippen molar-refractivity contribution < 1.29 is 9.53 Å². The fraction of sp³-hybridized carbons (Fsp3) is 0.500. The number of hydrogen-bond acceptors (Lipinski definition) is 4. The Hall–Kier alpha value is -1.88. The fourth-order valence-electron chi connectivity index (χ4n) is 2.36. The molecule has 0 atom stereocenters. The van der Waals surface area contributed by atoms with Crippen molar-refractivity contribution in [3.63, 3.8) is 0 Å². The maximum Gasteiger partial charge on any atom is 0.131 e. The van der Waals surface area contributed by atoms with E-state index < -0.39 is 0 Å². The summed E-state index contributed by atoms with van der Waals surface area (Å²) in [6.07, 6.45) is 1.37. The molecule has 0 radical (unpaired) electrons. The van der Waals surface area contributed by atoms with E-state index in [0.717, 1.165) is 35.6 Å². The molecule has 1 aromatic heterocycles. The van der Waals surface area contributed by atoms with Crippen LogP contribution >= 0.6 is 0 Å². The monoisotopic (exact) mass is 289 g/mol. The van der Waals surface area contributed by atoms with E-state index >= 15 is 0 Å². The van der Waals surface area contributed by atoms with Gasteiger partial charge in [-0.05, 0) is 33.0 Å². The number of rotatable bonds is 8. The molecule has 5 heteroatoms. The molecule has 0 fully saturated rings. The van der Waals surface area contributed by atoms with Crippen molar-refractivity contribution in [1.29, 1.82) is 0 Å². The van der Waals surface area contributed by atoms with Crippen LogP contribution in [0.5, 0.6) is 5.75 Å². The highest BCUT2D eigenvalue weighted by molar-refractivity contribution is 5.79. The Labute approximate surface area is 125 Å². The SMILES string of the molecule is CCOc1ccc2c(c1)nc(CCNC)n2CCC(C)=O. The van der Waals surface area contributed by atoms with Crippen molar-refractivity contribution in [2.24, 2.45) is 0 Å². The zero-order valence-corrected chi connectivity index (χ0v) is 13.0. The van der Waals surface area contributed by atoms with Gasteiger partial charge in [-0.3, -0.25) is 4.79 Å². The van der Waals surface area contributed by atoms with Crippen LogP contribution in [0.1, 0.15) is 26.1 Å². The maximum absolute atomic E-state index is 11.3. The fourth-order valence-corrected chi connectivity index (χ4v) is 2.36. The molecule has 21 heavy (non-hydrogen) atoms. The van der Waals surface area contributed by atoms with Crippen LogP contribution in [0.3, 0.4) is 0 Å². The number of nitrogens with zero attached hydrogens (tertiary/aromatic N) is 2. The highest BCUT2D eigenvalue weighted by atomic mass is 16.5. The summed E-state index contributed by atoms with van der Waals surface area (Å²) in [4.78, 5) is 16.0. The van der Waals surface area contributed by atoms with Crippen LogP contribution in [0.2, 0.25) is 0 Å². The predicted molar refractivity (Wildman–Crippen MR) is 83.8 cm³/mol. The highest BCUT2D eigenvalue weighted by Crippen LogP contribution is 2.22. The lowest BCUT2D eigenvalue weighted by Crippen LogP contribution is -2.15. The van der Waals surface area contributed by atoms with Gasteiger partial charge in [-0.2, -0.15) is 0 Å². The van der Waals surface area contributed by atoms with E-state index in [1.165, 1.54) is 0 Å². The topological polar surface area (TPSA) is 56.1 Å². The van der Waals surface area contributed by atoms with Crippen molar-refractivity contribution >= 4 is 16.8 Å². The minimum atomic E-state index is 0.197. The van der Waals surface area contributed by atoms with Crippen molar-refractivity contribution in [2.45, 2.75) is 33.2 Å². The Morgan fingerprint density at radius 3 is 2.90 bits per heavy atom. The number of fused-ring (bicyclic) bond motifs is 1. The van der Waals surface area contributed by atoms with Crippen LogP contribution < -0.4 is 10.1 Å². The summed E-state index contributed by atoms with van der Waals surface area (Å²) >= 11 is 0. The lowest BCUT2D eigenvalue weighted by molar-refractivity contribution is -0.117. The van der Waals surface area contributed by atoms with Crippen molar-refractivity contribution in [3.8, 4) is 5.75 Å². The van der Waals surface area contributed by atoms with Crippen LogP contribution in [0.4, 0.5) is 0 Å². The Bertz CT molecular complexity index is 619. The molecule has 0 aliphatic carbocycles. The maximum atomic E-state index is 11.3. The largest absolute Gasteiger partial charge is 0.494 e. The predicted octanol–water partition coefficient (Wildman–Crippen LogP) is 2.18. The van der Waals surface area contributed by atoms with E-state index in [4.69, 9.17) is 9.72 Å². The molecule has 0 amide bonds. The number of likely N-dealkylation sites (N-methyl/N-ethyl adjacent to an activating group) is 1. The molecule has 1 heterocycles. The number of ketones is 1. The van der Waals surface area contributed by atoms with Gasteiger partial charge >= 0.3 is 0 Å². The molecule has 114 valence electrons. The lowest BCUT2D eigenvalue weighted by atomic mass is 10.2. The quantitative estimate of drug-likeness (QED) is 0.809. The standard InChI is InChI=1S/C16H23N3O2/c1-4-21-13-5-6-15-14(11-13)18-16(7-9-17-3)19(15)10-8-12(2)20/h5-6,11,17H,4,7-10H2,1-3H3. The van der Waals surface area contributed by atoms with Gasteiger partial charge in [0.15, 0.2) is 0 Å². The number of imidazole rings is 1. The molecule has 0 saturated carbocycles. The Balaban J connectivity index is 2.37. The average molecular weight is 289 g/mol. The van der Waals surface area contributed by atoms with Gasteiger partial charge in [-0.15, -0.1) is 0 Å². The van der Waals surface area contributed by atoms with E-state index in [2.05, 4.69) is 9.88 Å². The van der Waals surface area contributed by atoms with Gasteiger partial charge in [-0.25, -0.2) is 4.98 Å². The average Bonchev–Trinajstić information content (AvgIpc) is 2.80. The summed E-state index contributed by atoms with van der Waals surface area (Å²) in [6.45, 7) is 5.78. The summed E-state index contributed by atoms with van der Waals surface area (Å²) in [7, 11) is 1.93. The van der Waals surface area contributed by atoms with E-state index in [1.54, 1.807) is 6.92 Å². The summed E-state index contributed by atoms with van der Waals surface area (Å²) in [5, 5.41) is 3.14. The van der Waals surface area contributed by atoms with Crippen LogP contribution in [0.15, 0.2) is 18.2 Å². The number of nitrogens with one attached hydrogen (secondary N) is 1. The first kappa shape index (κ1) is 15.5. The lowest BCUT2D eigenvalue weighted by Gasteiger charge is -2.08. The Morgan fingerprint density at radius 1 is 1.43 bits per heavy atom. The molecule has 2 aromatic rings. The van der Waals surface area contributed by atoms with E-state index in [0.29, 0.717) is 19.6 Å². The number of carbonyl (C=O) groups is 1. The molecular weight excluding hydrogens is 266 g/mol. The molecule has 2 rings (SSSR count). The molecule has 0 aliphatic rings. The number of aromatic nitrogens is 2. The van der Waals surface area contributed by atoms with E-state index in [1.807, 2.05) is 32.2 Å². The molecule has 0 spiro atoms. The summed E-state index contributed by atoms with van der Waals surface area (Å²) in [5.74, 6) is 2.04.